The van der Waals surface area contributed by atoms with Crippen LogP contribution in [-0.2, 0) is 9.59 Å². The van der Waals surface area contributed by atoms with E-state index in [0.29, 0.717) is 31.1 Å². The Kier molecular flexibility index (Phi) is 7.72. The largest absolute Gasteiger partial charge is 0.494 e. The number of benzene rings is 1. The second-order valence-electron chi connectivity index (χ2n) is 4.52. The van der Waals surface area contributed by atoms with E-state index in [2.05, 4.69) is 16.0 Å². The molecule has 7 heteroatoms. The quantitative estimate of drug-likeness (QED) is 0.379. The van der Waals surface area contributed by atoms with Gasteiger partial charge in [-0.05, 0) is 31.2 Å². The number of ether oxygens (including phenoxy) is 1. The highest BCUT2D eigenvalue weighted by atomic mass is 16.5. The molecular formula is C16H20N4O3. The van der Waals surface area contributed by atoms with Crippen molar-refractivity contribution in [2.24, 2.45) is 0 Å². The van der Waals surface area contributed by atoms with Crippen LogP contribution in [0.5, 0.6) is 5.75 Å². The summed E-state index contributed by atoms with van der Waals surface area (Å²) < 4.78 is 5.31. The molecule has 0 fully saturated rings. The van der Waals surface area contributed by atoms with Crippen molar-refractivity contribution in [3.63, 3.8) is 0 Å². The molecule has 0 unspecified atom stereocenters. The molecule has 2 amide bonds. The molecule has 7 nitrogen and oxygen atoms in total. The van der Waals surface area contributed by atoms with E-state index in [9.17, 15) is 9.59 Å². The number of nitrogens with one attached hydrogen (secondary N) is 3. The van der Waals surface area contributed by atoms with Crippen molar-refractivity contribution in [1.82, 2.24) is 10.6 Å². The Morgan fingerprint density at radius 1 is 1.26 bits per heavy atom. The molecule has 0 atom stereocenters. The summed E-state index contributed by atoms with van der Waals surface area (Å²) >= 11 is 0. The van der Waals surface area contributed by atoms with Gasteiger partial charge >= 0.3 is 0 Å². The lowest BCUT2D eigenvalue weighted by atomic mass is 10.2. The van der Waals surface area contributed by atoms with Crippen LogP contribution in [0.4, 0.5) is 5.69 Å². The van der Waals surface area contributed by atoms with E-state index in [0.717, 1.165) is 0 Å². The lowest BCUT2D eigenvalue weighted by molar-refractivity contribution is -0.119. The van der Waals surface area contributed by atoms with Gasteiger partial charge in [-0.1, -0.05) is 0 Å². The minimum atomic E-state index is -0.510. The highest BCUT2D eigenvalue weighted by Gasteiger charge is 2.09. The molecule has 0 bridgehead atoms. The van der Waals surface area contributed by atoms with Crippen molar-refractivity contribution in [2.45, 2.75) is 13.8 Å². The Balaban J connectivity index is 2.52. The van der Waals surface area contributed by atoms with Gasteiger partial charge in [-0.25, -0.2) is 0 Å². The number of rotatable bonds is 8. The SMILES string of the molecule is CCOc1ccc(NC(=O)/C(C#N)=C\NCCNC(C)=O)cc1. The monoisotopic (exact) mass is 316 g/mol. The highest BCUT2D eigenvalue weighted by Crippen LogP contribution is 2.16. The van der Waals surface area contributed by atoms with Gasteiger partial charge in [-0.3, -0.25) is 9.59 Å². The zero-order valence-electron chi connectivity index (χ0n) is 13.2. The summed E-state index contributed by atoms with van der Waals surface area (Å²) in [5.74, 6) is 0.0643. The third-order valence-electron chi connectivity index (χ3n) is 2.68. The van der Waals surface area contributed by atoms with Crippen LogP contribution < -0.4 is 20.7 Å². The van der Waals surface area contributed by atoms with Gasteiger partial charge in [0.25, 0.3) is 5.91 Å². The number of carbonyl (C=O) groups is 2. The third-order valence-corrected chi connectivity index (χ3v) is 2.68. The van der Waals surface area contributed by atoms with Crippen LogP contribution >= 0.6 is 0 Å². The van der Waals surface area contributed by atoms with Gasteiger partial charge < -0.3 is 20.7 Å². The molecule has 0 radical (unpaired) electrons. The van der Waals surface area contributed by atoms with Crippen LogP contribution in [0.2, 0.25) is 0 Å². The Labute approximate surface area is 135 Å². The molecule has 1 aromatic rings. The fraction of sp³-hybridized carbons (Fsp3) is 0.312. The molecule has 0 saturated heterocycles. The smallest absolute Gasteiger partial charge is 0.267 e. The van der Waals surface area contributed by atoms with Crippen LogP contribution in [0.3, 0.4) is 0 Å². The average Bonchev–Trinajstić information content (AvgIpc) is 2.52. The summed E-state index contributed by atoms with van der Waals surface area (Å²) in [6.07, 6.45) is 1.33. The lowest BCUT2D eigenvalue weighted by Crippen LogP contribution is -2.28. The summed E-state index contributed by atoms with van der Waals surface area (Å²) in [4.78, 5) is 22.7. The third kappa shape index (κ3) is 7.00. The highest BCUT2D eigenvalue weighted by molar-refractivity contribution is 6.06. The normalized spacial score (nSPS) is 10.4. The molecule has 0 aliphatic rings. The Bertz CT molecular complexity index is 603. The first-order chi connectivity index (χ1) is 11.1. The average molecular weight is 316 g/mol. The maximum Gasteiger partial charge on any atom is 0.267 e. The fourth-order valence-corrected chi connectivity index (χ4v) is 1.63. The molecule has 0 saturated carbocycles. The molecule has 23 heavy (non-hydrogen) atoms. The predicted octanol–water partition coefficient (Wildman–Crippen LogP) is 1.16. The number of nitrogens with zero attached hydrogens (tertiary/aromatic N) is 1. The molecule has 122 valence electrons. The molecule has 0 aliphatic heterocycles. The predicted molar refractivity (Wildman–Crippen MR) is 86.6 cm³/mol. The van der Waals surface area contributed by atoms with Crippen LogP contribution in [0, 0.1) is 11.3 Å². The summed E-state index contributed by atoms with van der Waals surface area (Å²) in [6, 6.07) is 8.69. The summed E-state index contributed by atoms with van der Waals surface area (Å²) in [6.45, 7) is 4.70. The van der Waals surface area contributed by atoms with Gasteiger partial charge in [0.15, 0.2) is 0 Å². The molecule has 0 aliphatic carbocycles. The van der Waals surface area contributed by atoms with E-state index < -0.39 is 5.91 Å². The van der Waals surface area contributed by atoms with Crippen molar-refractivity contribution in [3.05, 3.63) is 36.0 Å². The Morgan fingerprint density at radius 3 is 2.52 bits per heavy atom. The minimum absolute atomic E-state index is 0.0540. The van der Waals surface area contributed by atoms with Gasteiger partial charge in [0.05, 0.1) is 6.61 Å². The number of amides is 2. The number of hydrogen-bond donors (Lipinski definition) is 3. The fourth-order valence-electron chi connectivity index (χ4n) is 1.63. The Morgan fingerprint density at radius 2 is 1.96 bits per heavy atom. The maximum atomic E-state index is 12.0. The maximum absolute atomic E-state index is 12.0. The second-order valence-corrected chi connectivity index (χ2v) is 4.52. The zero-order valence-corrected chi connectivity index (χ0v) is 13.2. The van der Waals surface area contributed by atoms with Gasteiger partial charge in [0.1, 0.15) is 17.4 Å². The molecule has 0 spiro atoms. The van der Waals surface area contributed by atoms with Crippen molar-refractivity contribution in [1.29, 1.82) is 5.26 Å². The van der Waals surface area contributed by atoms with Crippen molar-refractivity contribution >= 4 is 17.5 Å². The first kappa shape index (κ1) is 18.0. The van der Waals surface area contributed by atoms with E-state index in [1.165, 1.54) is 13.1 Å². The first-order valence-electron chi connectivity index (χ1n) is 7.19. The van der Waals surface area contributed by atoms with E-state index >= 15 is 0 Å². The van der Waals surface area contributed by atoms with Crippen LogP contribution in [0.1, 0.15) is 13.8 Å². The topological polar surface area (TPSA) is 103 Å². The lowest BCUT2D eigenvalue weighted by Gasteiger charge is -2.07. The van der Waals surface area contributed by atoms with E-state index in [-0.39, 0.29) is 11.5 Å². The first-order valence-corrected chi connectivity index (χ1v) is 7.19. The minimum Gasteiger partial charge on any atom is -0.494 e. The van der Waals surface area contributed by atoms with Gasteiger partial charge in [0, 0.05) is 31.9 Å². The molecule has 3 N–H and O–H groups in total. The zero-order chi connectivity index (χ0) is 17.1. The Hall–Kier alpha value is -3.01. The van der Waals surface area contributed by atoms with Crippen molar-refractivity contribution < 1.29 is 14.3 Å². The van der Waals surface area contributed by atoms with E-state index in [1.54, 1.807) is 24.3 Å². The molecule has 1 aromatic carbocycles. The standard InChI is InChI=1S/C16H20N4O3/c1-3-23-15-6-4-14(5-7-15)20-16(22)13(10-17)11-18-8-9-19-12(2)21/h4-7,11,18H,3,8-9H2,1-2H3,(H,19,21)(H,20,22)/b13-11-. The summed E-state index contributed by atoms with van der Waals surface area (Å²) in [7, 11) is 0. The number of hydrogen-bond acceptors (Lipinski definition) is 5. The van der Waals surface area contributed by atoms with Gasteiger partial charge in [-0.15, -0.1) is 0 Å². The van der Waals surface area contributed by atoms with Crippen molar-refractivity contribution in [2.75, 3.05) is 25.0 Å². The van der Waals surface area contributed by atoms with Gasteiger partial charge in [-0.2, -0.15) is 5.26 Å². The molecule has 1 rings (SSSR count). The van der Waals surface area contributed by atoms with Crippen LogP contribution in [0.25, 0.3) is 0 Å². The number of carbonyl (C=O) groups excluding carboxylic acids is 2. The molecule has 0 heterocycles. The summed E-state index contributed by atoms with van der Waals surface area (Å²) in [5, 5.41) is 17.1. The number of anilines is 1. The number of nitriles is 1. The van der Waals surface area contributed by atoms with Crippen LogP contribution in [-0.4, -0.2) is 31.5 Å². The molecular weight excluding hydrogens is 296 g/mol. The van der Waals surface area contributed by atoms with E-state index in [4.69, 9.17) is 10.00 Å². The van der Waals surface area contributed by atoms with Crippen molar-refractivity contribution in [3.8, 4) is 11.8 Å². The van der Waals surface area contributed by atoms with Gasteiger partial charge in [0.2, 0.25) is 5.91 Å². The molecule has 0 aromatic heterocycles. The second kappa shape index (κ2) is 9.84. The van der Waals surface area contributed by atoms with Crippen LogP contribution in [0.15, 0.2) is 36.0 Å². The summed E-state index contributed by atoms with van der Waals surface area (Å²) in [5.41, 5.74) is 0.513. The van der Waals surface area contributed by atoms with E-state index in [1.807, 2.05) is 13.0 Å².